The molecule has 0 bridgehead atoms. The van der Waals surface area contributed by atoms with Crippen molar-refractivity contribution in [1.29, 1.82) is 0 Å². The molecule has 1 heterocycles. The maximum absolute atomic E-state index is 2.72. The highest BCUT2D eigenvalue weighted by Crippen LogP contribution is 2.36. The molecule has 1 aliphatic heterocycles. The molecular weight excluding hydrogens is 266 g/mol. The van der Waals surface area contributed by atoms with Gasteiger partial charge in [0.15, 0.2) is 0 Å². The number of benzene rings is 1. The van der Waals surface area contributed by atoms with Gasteiger partial charge < -0.3 is 4.90 Å². The topological polar surface area (TPSA) is 3.24 Å². The van der Waals surface area contributed by atoms with E-state index in [2.05, 4.69) is 35.2 Å². The number of halogens is 1. The lowest BCUT2D eigenvalue weighted by molar-refractivity contribution is 0.169. The second-order valence-corrected chi connectivity index (χ2v) is 6.49. The molecule has 1 aromatic rings. The summed E-state index contributed by atoms with van der Waals surface area (Å²) in [4.78, 5) is 2.72. The molecule has 1 aromatic carbocycles. The van der Waals surface area contributed by atoms with Crippen molar-refractivity contribution in [2.24, 2.45) is 5.92 Å². The Bertz CT molecular complexity index is 364. The van der Waals surface area contributed by atoms with Crippen molar-refractivity contribution < 1.29 is 0 Å². The normalized spacial score (nSPS) is 27.8. The van der Waals surface area contributed by atoms with E-state index in [-0.39, 0.29) is 12.4 Å². The first-order valence-electron chi connectivity index (χ1n) is 8.19. The summed E-state index contributed by atoms with van der Waals surface area (Å²) in [5, 5.41) is 0. The number of piperidine rings is 1. The second-order valence-electron chi connectivity index (χ2n) is 6.49. The Hall–Kier alpha value is -0.530. The predicted molar refractivity (Wildman–Crippen MR) is 88.7 cm³/mol. The maximum atomic E-state index is 2.72. The van der Waals surface area contributed by atoms with Gasteiger partial charge in [-0.05, 0) is 69.0 Å². The minimum absolute atomic E-state index is 0. The smallest absolute Gasteiger partial charge is 0.000966 e. The Balaban J connectivity index is 0.00000147. The van der Waals surface area contributed by atoms with Crippen LogP contribution in [0.1, 0.15) is 56.4 Å². The van der Waals surface area contributed by atoms with Gasteiger partial charge >= 0.3 is 0 Å². The van der Waals surface area contributed by atoms with Crippen molar-refractivity contribution >= 4 is 12.4 Å². The fourth-order valence-corrected chi connectivity index (χ4v) is 3.91. The van der Waals surface area contributed by atoms with Crippen LogP contribution in [0.3, 0.4) is 0 Å². The molecular formula is C18H28ClN. The predicted octanol–water partition coefficient (Wildman–Crippen LogP) is 4.87. The standard InChI is InChI=1S/C18H27N.ClH/c1-3-7-17(8-4-1)18-11-9-16(10-12-18)15-19-13-5-2-6-14-19;/h1,3-4,7-8,16,18H,2,5-6,9-15H2;1H. The van der Waals surface area contributed by atoms with Gasteiger partial charge in [-0.2, -0.15) is 0 Å². The molecule has 0 aromatic heterocycles. The molecule has 0 spiro atoms. The molecule has 0 unspecified atom stereocenters. The van der Waals surface area contributed by atoms with Gasteiger partial charge in [0.25, 0.3) is 0 Å². The molecule has 2 aliphatic rings. The van der Waals surface area contributed by atoms with Gasteiger partial charge in [-0.3, -0.25) is 0 Å². The molecule has 3 rings (SSSR count). The van der Waals surface area contributed by atoms with E-state index in [1.165, 1.54) is 64.6 Å². The average molecular weight is 294 g/mol. The highest BCUT2D eigenvalue weighted by molar-refractivity contribution is 5.85. The molecule has 2 fully saturated rings. The van der Waals surface area contributed by atoms with E-state index in [1.807, 2.05) is 0 Å². The first kappa shape index (κ1) is 15.9. The van der Waals surface area contributed by atoms with Crippen molar-refractivity contribution in [3.05, 3.63) is 35.9 Å². The summed E-state index contributed by atoms with van der Waals surface area (Å²) in [6.07, 6.45) is 10.0. The number of nitrogens with zero attached hydrogens (tertiary/aromatic N) is 1. The van der Waals surface area contributed by atoms with Crippen LogP contribution < -0.4 is 0 Å². The van der Waals surface area contributed by atoms with Crippen LogP contribution in [0.15, 0.2) is 30.3 Å². The molecule has 20 heavy (non-hydrogen) atoms. The Kier molecular flexibility index (Phi) is 6.38. The molecule has 1 saturated heterocycles. The lowest BCUT2D eigenvalue weighted by atomic mass is 9.78. The number of likely N-dealkylation sites (tertiary alicyclic amines) is 1. The third kappa shape index (κ3) is 4.23. The van der Waals surface area contributed by atoms with Crippen LogP contribution in [0.25, 0.3) is 0 Å². The van der Waals surface area contributed by atoms with Crippen LogP contribution in [0.2, 0.25) is 0 Å². The summed E-state index contributed by atoms with van der Waals surface area (Å²) in [5.74, 6) is 1.80. The van der Waals surface area contributed by atoms with E-state index >= 15 is 0 Å². The fraction of sp³-hybridized carbons (Fsp3) is 0.667. The Morgan fingerprint density at radius 2 is 1.50 bits per heavy atom. The average Bonchev–Trinajstić information content (AvgIpc) is 2.50. The fourth-order valence-electron chi connectivity index (χ4n) is 3.91. The van der Waals surface area contributed by atoms with Crippen molar-refractivity contribution in [2.75, 3.05) is 19.6 Å². The minimum atomic E-state index is 0. The van der Waals surface area contributed by atoms with Crippen LogP contribution in [0.4, 0.5) is 0 Å². The van der Waals surface area contributed by atoms with Gasteiger partial charge in [0, 0.05) is 6.54 Å². The van der Waals surface area contributed by atoms with Crippen molar-refractivity contribution in [3.8, 4) is 0 Å². The zero-order valence-electron chi connectivity index (χ0n) is 12.5. The molecule has 0 radical (unpaired) electrons. The zero-order valence-corrected chi connectivity index (χ0v) is 13.3. The second kappa shape index (κ2) is 8.05. The monoisotopic (exact) mass is 293 g/mol. The Morgan fingerprint density at radius 1 is 0.850 bits per heavy atom. The molecule has 112 valence electrons. The van der Waals surface area contributed by atoms with Crippen LogP contribution in [-0.4, -0.2) is 24.5 Å². The highest BCUT2D eigenvalue weighted by Gasteiger charge is 2.24. The third-order valence-corrected chi connectivity index (χ3v) is 5.08. The zero-order chi connectivity index (χ0) is 12.9. The summed E-state index contributed by atoms with van der Waals surface area (Å²) < 4.78 is 0. The molecule has 0 N–H and O–H groups in total. The quantitative estimate of drug-likeness (QED) is 0.768. The minimum Gasteiger partial charge on any atom is -0.303 e. The summed E-state index contributed by atoms with van der Waals surface area (Å²) in [6, 6.07) is 11.1. The van der Waals surface area contributed by atoms with Crippen molar-refractivity contribution in [2.45, 2.75) is 50.9 Å². The van der Waals surface area contributed by atoms with Crippen molar-refractivity contribution in [3.63, 3.8) is 0 Å². The van der Waals surface area contributed by atoms with E-state index in [9.17, 15) is 0 Å². The summed E-state index contributed by atoms with van der Waals surface area (Å²) in [5.41, 5.74) is 1.57. The lowest BCUT2D eigenvalue weighted by Gasteiger charge is -2.34. The summed E-state index contributed by atoms with van der Waals surface area (Å²) >= 11 is 0. The molecule has 0 atom stereocenters. The molecule has 1 nitrogen and oxygen atoms in total. The van der Waals surface area contributed by atoms with Crippen LogP contribution in [0, 0.1) is 5.92 Å². The third-order valence-electron chi connectivity index (χ3n) is 5.08. The van der Waals surface area contributed by atoms with E-state index in [4.69, 9.17) is 0 Å². The Labute approximate surface area is 130 Å². The number of hydrogen-bond acceptors (Lipinski definition) is 1. The van der Waals surface area contributed by atoms with Gasteiger partial charge in [0.05, 0.1) is 0 Å². The SMILES string of the molecule is Cl.c1ccc(C2CCC(CN3CCCCC3)CC2)cc1. The molecule has 1 saturated carbocycles. The van der Waals surface area contributed by atoms with E-state index in [1.54, 1.807) is 5.56 Å². The molecule has 2 heteroatoms. The van der Waals surface area contributed by atoms with E-state index in [0.29, 0.717) is 0 Å². The summed E-state index contributed by atoms with van der Waals surface area (Å²) in [7, 11) is 0. The van der Waals surface area contributed by atoms with Gasteiger partial charge in [-0.15, -0.1) is 12.4 Å². The molecule has 1 aliphatic carbocycles. The van der Waals surface area contributed by atoms with Gasteiger partial charge in [-0.25, -0.2) is 0 Å². The first-order valence-corrected chi connectivity index (χ1v) is 8.19. The van der Waals surface area contributed by atoms with Crippen LogP contribution >= 0.6 is 12.4 Å². The largest absolute Gasteiger partial charge is 0.303 e. The Morgan fingerprint density at radius 3 is 2.15 bits per heavy atom. The van der Waals surface area contributed by atoms with Crippen molar-refractivity contribution in [1.82, 2.24) is 4.90 Å². The summed E-state index contributed by atoms with van der Waals surface area (Å²) in [6.45, 7) is 4.10. The molecule has 0 amide bonds. The maximum Gasteiger partial charge on any atom is 0.000966 e. The van der Waals surface area contributed by atoms with Gasteiger partial charge in [-0.1, -0.05) is 36.8 Å². The highest BCUT2D eigenvalue weighted by atomic mass is 35.5. The van der Waals surface area contributed by atoms with E-state index < -0.39 is 0 Å². The van der Waals surface area contributed by atoms with E-state index in [0.717, 1.165) is 11.8 Å². The van der Waals surface area contributed by atoms with Gasteiger partial charge in [0.1, 0.15) is 0 Å². The number of hydrogen-bond donors (Lipinski definition) is 0. The number of rotatable bonds is 3. The van der Waals surface area contributed by atoms with Gasteiger partial charge in [0.2, 0.25) is 0 Å². The van der Waals surface area contributed by atoms with Crippen LogP contribution in [0.5, 0.6) is 0 Å². The first-order chi connectivity index (χ1) is 9.42. The lowest BCUT2D eigenvalue weighted by Crippen LogP contribution is -2.35. The van der Waals surface area contributed by atoms with Crippen LogP contribution in [-0.2, 0) is 0 Å².